The lowest BCUT2D eigenvalue weighted by atomic mass is 10.2. The van der Waals surface area contributed by atoms with E-state index < -0.39 is 0 Å². The van der Waals surface area contributed by atoms with Gasteiger partial charge in [-0.05, 0) is 29.0 Å². The number of rotatable bonds is 5. The number of aromatic nitrogens is 4. The van der Waals surface area contributed by atoms with Crippen LogP contribution in [0.3, 0.4) is 0 Å². The Hall–Kier alpha value is -1.69. The van der Waals surface area contributed by atoms with Gasteiger partial charge in [0.2, 0.25) is 0 Å². The Morgan fingerprint density at radius 2 is 2.06 bits per heavy atom. The van der Waals surface area contributed by atoms with Crippen molar-refractivity contribution in [3.8, 4) is 5.69 Å². The minimum atomic E-state index is -0.108. The zero-order chi connectivity index (χ0) is 12.1. The first-order valence-corrected chi connectivity index (χ1v) is 5.76. The van der Waals surface area contributed by atoms with Crippen LogP contribution in [0.1, 0.15) is 18.7 Å². The standard InChI is InChI=1S/C11H12N4OS/c16-11(17)8-4-7-10-12-13-14-15(10)9-5-2-1-3-6-9/h1-3,5-6H,4,7-8H2,(H,16,17). The van der Waals surface area contributed by atoms with E-state index in [-0.39, 0.29) is 5.12 Å². The minimum absolute atomic E-state index is 0.108. The highest BCUT2D eigenvalue weighted by Gasteiger charge is 2.07. The number of tetrazole rings is 1. The van der Waals surface area contributed by atoms with Crippen LogP contribution in [0.2, 0.25) is 0 Å². The molecule has 0 aliphatic carbocycles. The molecule has 0 saturated carbocycles. The van der Waals surface area contributed by atoms with E-state index >= 15 is 0 Å². The summed E-state index contributed by atoms with van der Waals surface area (Å²) in [6.07, 6.45) is 1.80. The summed E-state index contributed by atoms with van der Waals surface area (Å²) in [6.45, 7) is 0. The number of benzene rings is 1. The Morgan fingerprint density at radius 1 is 1.29 bits per heavy atom. The van der Waals surface area contributed by atoms with Gasteiger partial charge in [-0.25, -0.2) is 0 Å². The van der Waals surface area contributed by atoms with Crippen LogP contribution < -0.4 is 0 Å². The van der Waals surface area contributed by atoms with Gasteiger partial charge in [0, 0.05) is 12.8 Å². The number of carbonyl (C=O) groups is 1. The summed E-state index contributed by atoms with van der Waals surface area (Å²) in [7, 11) is 0. The van der Waals surface area contributed by atoms with Gasteiger partial charge in [-0.15, -0.1) is 17.7 Å². The molecule has 17 heavy (non-hydrogen) atoms. The molecule has 88 valence electrons. The molecule has 0 saturated heterocycles. The second kappa shape index (κ2) is 5.58. The number of carbonyl (C=O) groups excluding carboxylic acids is 1. The molecule has 0 aliphatic heterocycles. The van der Waals surface area contributed by atoms with Crippen molar-refractivity contribution in [3.63, 3.8) is 0 Å². The van der Waals surface area contributed by atoms with Crippen LogP contribution in [-0.4, -0.2) is 25.3 Å². The summed E-state index contributed by atoms with van der Waals surface area (Å²) in [6, 6.07) is 9.66. The maximum atomic E-state index is 10.7. The van der Waals surface area contributed by atoms with Gasteiger partial charge in [0.05, 0.1) is 5.69 Å². The van der Waals surface area contributed by atoms with Crippen LogP contribution in [0.5, 0.6) is 0 Å². The van der Waals surface area contributed by atoms with Crippen molar-refractivity contribution in [1.82, 2.24) is 20.2 Å². The van der Waals surface area contributed by atoms with Gasteiger partial charge in [-0.1, -0.05) is 18.2 Å². The van der Waals surface area contributed by atoms with Gasteiger partial charge in [0.1, 0.15) is 0 Å². The number of hydrogen-bond donors (Lipinski definition) is 1. The van der Waals surface area contributed by atoms with E-state index in [0.29, 0.717) is 19.3 Å². The SMILES string of the molecule is O=C(S)CCCc1nnnn1-c1ccccc1. The Morgan fingerprint density at radius 3 is 2.76 bits per heavy atom. The van der Waals surface area contributed by atoms with E-state index in [1.807, 2.05) is 30.3 Å². The van der Waals surface area contributed by atoms with Crippen molar-refractivity contribution in [1.29, 1.82) is 0 Å². The third kappa shape index (κ3) is 3.13. The molecule has 0 spiro atoms. The predicted octanol–water partition coefficient (Wildman–Crippen LogP) is 1.44. The third-order valence-corrected chi connectivity index (χ3v) is 2.55. The Balaban J connectivity index is 2.10. The number of para-hydroxylation sites is 1. The third-order valence-electron chi connectivity index (χ3n) is 2.33. The maximum absolute atomic E-state index is 10.7. The summed E-state index contributed by atoms with van der Waals surface area (Å²) in [5.74, 6) is 0.755. The van der Waals surface area contributed by atoms with Gasteiger partial charge in [0.25, 0.3) is 0 Å². The van der Waals surface area contributed by atoms with E-state index in [1.54, 1.807) is 4.68 Å². The quantitative estimate of drug-likeness (QED) is 0.813. The molecule has 0 N–H and O–H groups in total. The lowest BCUT2D eigenvalue weighted by Gasteiger charge is -2.03. The summed E-state index contributed by atoms with van der Waals surface area (Å²) >= 11 is 3.73. The van der Waals surface area contributed by atoms with E-state index in [4.69, 9.17) is 0 Å². The number of hydrogen-bond acceptors (Lipinski definition) is 4. The highest BCUT2D eigenvalue weighted by Crippen LogP contribution is 2.09. The fourth-order valence-corrected chi connectivity index (χ4v) is 1.69. The zero-order valence-corrected chi connectivity index (χ0v) is 10.0. The number of nitrogens with zero attached hydrogens (tertiary/aromatic N) is 4. The van der Waals surface area contributed by atoms with Crippen LogP contribution in [0.15, 0.2) is 30.3 Å². The van der Waals surface area contributed by atoms with Crippen LogP contribution >= 0.6 is 12.6 Å². The highest BCUT2D eigenvalue weighted by molar-refractivity contribution is 7.96. The fraction of sp³-hybridized carbons (Fsp3) is 0.273. The first kappa shape index (κ1) is 11.8. The van der Waals surface area contributed by atoms with Crippen molar-refractivity contribution < 1.29 is 4.79 Å². The van der Waals surface area contributed by atoms with Crippen LogP contribution in [-0.2, 0) is 11.2 Å². The Labute approximate surface area is 104 Å². The first-order valence-electron chi connectivity index (χ1n) is 5.32. The topological polar surface area (TPSA) is 60.7 Å². The zero-order valence-electron chi connectivity index (χ0n) is 9.15. The molecule has 0 atom stereocenters. The van der Waals surface area contributed by atoms with Gasteiger partial charge < -0.3 is 0 Å². The van der Waals surface area contributed by atoms with Gasteiger partial charge in [0.15, 0.2) is 10.9 Å². The summed E-state index contributed by atoms with van der Waals surface area (Å²) in [5, 5.41) is 11.4. The maximum Gasteiger partial charge on any atom is 0.185 e. The van der Waals surface area contributed by atoms with E-state index in [2.05, 4.69) is 28.2 Å². The van der Waals surface area contributed by atoms with Crippen LogP contribution in [0, 0.1) is 0 Å². The average Bonchev–Trinajstić information content (AvgIpc) is 2.78. The van der Waals surface area contributed by atoms with Crippen molar-refractivity contribution in [3.05, 3.63) is 36.2 Å². The predicted molar refractivity (Wildman–Crippen MR) is 66.1 cm³/mol. The van der Waals surface area contributed by atoms with Crippen molar-refractivity contribution >= 4 is 17.7 Å². The normalized spacial score (nSPS) is 10.4. The molecule has 6 heteroatoms. The molecule has 0 unspecified atom stereocenters. The lowest BCUT2D eigenvalue weighted by Crippen LogP contribution is -2.03. The molecule has 2 rings (SSSR count). The van der Waals surface area contributed by atoms with Crippen molar-refractivity contribution in [2.24, 2.45) is 0 Å². The van der Waals surface area contributed by atoms with E-state index in [1.165, 1.54) is 0 Å². The summed E-state index contributed by atoms with van der Waals surface area (Å²) < 4.78 is 1.68. The first-order chi connectivity index (χ1) is 8.27. The highest BCUT2D eigenvalue weighted by atomic mass is 32.1. The molecule has 1 aromatic heterocycles. The van der Waals surface area contributed by atoms with E-state index in [9.17, 15) is 4.79 Å². The summed E-state index contributed by atoms with van der Waals surface area (Å²) in [4.78, 5) is 10.7. The molecule has 1 heterocycles. The van der Waals surface area contributed by atoms with Gasteiger partial charge in [-0.3, -0.25) is 4.79 Å². The Kier molecular flexibility index (Phi) is 3.87. The monoisotopic (exact) mass is 248 g/mol. The summed E-state index contributed by atoms with van der Waals surface area (Å²) in [5.41, 5.74) is 0.921. The molecule has 1 aromatic carbocycles. The van der Waals surface area contributed by atoms with E-state index in [0.717, 1.165) is 11.5 Å². The second-order valence-electron chi connectivity index (χ2n) is 3.59. The van der Waals surface area contributed by atoms with Crippen molar-refractivity contribution in [2.75, 3.05) is 0 Å². The molecule has 0 amide bonds. The molecule has 5 nitrogen and oxygen atoms in total. The largest absolute Gasteiger partial charge is 0.288 e. The molecule has 0 aliphatic rings. The lowest BCUT2D eigenvalue weighted by molar-refractivity contribution is -0.110. The molecule has 0 bridgehead atoms. The molecular formula is C11H12N4OS. The van der Waals surface area contributed by atoms with Gasteiger partial charge >= 0.3 is 0 Å². The minimum Gasteiger partial charge on any atom is -0.288 e. The number of thiol groups is 1. The van der Waals surface area contributed by atoms with Crippen molar-refractivity contribution in [2.45, 2.75) is 19.3 Å². The smallest absolute Gasteiger partial charge is 0.185 e. The Bertz CT molecular complexity index is 497. The van der Waals surface area contributed by atoms with Crippen LogP contribution in [0.4, 0.5) is 0 Å². The second-order valence-corrected chi connectivity index (χ2v) is 4.09. The fourth-order valence-electron chi connectivity index (χ4n) is 1.53. The van der Waals surface area contributed by atoms with Crippen LogP contribution in [0.25, 0.3) is 5.69 Å². The van der Waals surface area contributed by atoms with Gasteiger partial charge in [-0.2, -0.15) is 4.68 Å². The average molecular weight is 248 g/mol. The molecule has 2 aromatic rings. The number of aryl methyl sites for hydroxylation is 1. The molecule has 0 fully saturated rings. The molecular weight excluding hydrogens is 236 g/mol. The molecule has 0 radical (unpaired) electrons.